The van der Waals surface area contributed by atoms with Crippen molar-refractivity contribution >= 4 is 5.78 Å². The maximum Gasteiger partial charge on any atom is 0.165 e. The summed E-state index contributed by atoms with van der Waals surface area (Å²) in [6.45, 7) is 6.04. The zero-order valence-electron chi connectivity index (χ0n) is 8.50. The Bertz CT molecular complexity index is 284. The molecule has 0 heterocycles. The van der Waals surface area contributed by atoms with E-state index in [1.165, 1.54) is 5.56 Å². The van der Waals surface area contributed by atoms with E-state index in [0.29, 0.717) is 0 Å². The molecule has 1 rings (SSSR count). The molecule has 0 saturated heterocycles. The molecule has 0 amide bonds. The largest absolute Gasteiger partial charge is 0.294 e. The van der Waals surface area contributed by atoms with Crippen molar-refractivity contribution in [1.82, 2.24) is 0 Å². The van der Waals surface area contributed by atoms with Crippen LogP contribution in [0, 0.1) is 12.8 Å². The van der Waals surface area contributed by atoms with Crippen molar-refractivity contribution in [3.05, 3.63) is 35.4 Å². The summed E-state index contributed by atoms with van der Waals surface area (Å²) in [6, 6.07) is 7.78. The summed E-state index contributed by atoms with van der Waals surface area (Å²) in [4.78, 5) is 11.7. The van der Waals surface area contributed by atoms with E-state index in [1.807, 2.05) is 45.0 Å². The van der Waals surface area contributed by atoms with Crippen molar-refractivity contribution in [2.24, 2.45) is 5.92 Å². The number of ketones is 1. The second-order valence-electron chi connectivity index (χ2n) is 3.54. The van der Waals surface area contributed by atoms with E-state index in [4.69, 9.17) is 0 Å². The van der Waals surface area contributed by atoms with Gasteiger partial charge in [0.25, 0.3) is 0 Å². The molecule has 0 aliphatic heterocycles. The molecule has 13 heavy (non-hydrogen) atoms. The number of benzene rings is 1. The molecular formula is C12H16O. The molecule has 0 aliphatic carbocycles. The van der Waals surface area contributed by atoms with E-state index in [2.05, 4.69) is 0 Å². The number of aryl methyl sites for hydroxylation is 1. The van der Waals surface area contributed by atoms with Crippen molar-refractivity contribution in [1.29, 1.82) is 0 Å². The Morgan fingerprint density at radius 2 is 1.85 bits per heavy atom. The van der Waals surface area contributed by atoms with Crippen LogP contribution in [-0.2, 0) is 0 Å². The van der Waals surface area contributed by atoms with Crippen LogP contribution < -0.4 is 0 Å². The Labute approximate surface area is 79.8 Å². The molecule has 0 aromatic heterocycles. The first-order chi connectivity index (χ1) is 6.15. The highest BCUT2D eigenvalue weighted by atomic mass is 16.1. The Balaban J connectivity index is 2.83. The fourth-order valence-corrected chi connectivity index (χ4v) is 1.19. The van der Waals surface area contributed by atoms with Crippen LogP contribution in [0.2, 0.25) is 0 Å². The summed E-state index contributed by atoms with van der Waals surface area (Å²) in [5.74, 6) is 0.394. The van der Waals surface area contributed by atoms with Gasteiger partial charge in [0.15, 0.2) is 5.78 Å². The van der Waals surface area contributed by atoms with Crippen molar-refractivity contribution in [3.8, 4) is 0 Å². The maximum atomic E-state index is 11.7. The third kappa shape index (κ3) is 2.41. The van der Waals surface area contributed by atoms with Gasteiger partial charge < -0.3 is 0 Å². The summed E-state index contributed by atoms with van der Waals surface area (Å²) >= 11 is 0. The lowest BCUT2D eigenvalue weighted by atomic mass is 9.97. The molecule has 1 aromatic carbocycles. The van der Waals surface area contributed by atoms with Crippen LogP contribution in [0.25, 0.3) is 0 Å². The van der Waals surface area contributed by atoms with Crippen molar-refractivity contribution in [3.63, 3.8) is 0 Å². The van der Waals surface area contributed by atoms with Gasteiger partial charge in [-0.05, 0) is 13.3 Å². The molecule has 0 aliphatic rings. The molecule has 0 radical (unpaired) electrons. The fraction of sp³-hybridized carbons (Fsp3) is 0.417. The Hall–Kier alpha value is -1.11. The topological polar surface area (TPSA) is 17.1 Å². The van der Waals surface area contributed by atoms with Crippen LogP contribution in [0.4, 0.5) is 0 Å². The molecule has 1 aromatic rings. The highest BCUT2D eigenvalue weighted by Gasteiger charge is 2.11. The predicted molar refractivity (Wildman–Crippen MR) is 55.0 cm³/mol. The molecule has 70 valence electrons. The number of hydrogen-bond donors (Lipinski definition) is 0. The minimum absolute atomic E-state index is 0.141. The van der Waals surface area contributed by atoms with Gasteiger partial charge in [-0.15, -0.1) is 0 Å². The normalized spacial score (nSPS) is 12.5. The number of carbonyl (C=O) groups excluding carboxylic acids is 1. The number of hydrogen-bond acceptors (Lipinski definition) is 1. The maximum absolute atomic E-state index is 11.7. The molecule has 0 bridgehead atoms. The highest BCUT2D eigenvalue weighted by Crippen LogP contribution is 2.12. The Kier molecular flexibility index (Phi) is 3.24. The van der Waals surface area contributed by atoms with E-state index in [9.17, 15) is 4.79 Å². The number of rotatable bonds is 3. The molecule has 1 nitrogen and oxygen atoms in total. The van der Waals surface area contributed by atoms with Crippen LogP contribution in [0.15, 0.2) is 24.3 Å². The van der Waals surface area contributed by atoms with Gasteiger partial charge >= 0.3 is 0 Å². The summed E-state index contributed by atoms with van der Waals surface area (Å²) in [6.07, 6.45) is 0.909. The lowest BCUT2D eigenvalue weighted by Crippen LogP contribution is -2.09. The van der Waals surface area contributed by atoms with Crippen molar-refractivity contribution < 1.29 is 4.79 Å². The number of carbonyl (C=O) groups is 1. The standard InChI is InChI=1S/C12H16O/c1-4-10(3)12(13)11-7-5-9(2)6-8-11/h5-8,10H,4H2,1-3H3/t10-/m0/s1. The molecule has 1 atom stereocenters. The van der Waals surface area contributed by atoms with E-state index in [0.717, 1.165) is 12.0 Å². The Morgan fingerprint density at radius 1 is 1.31 bits per heavy atom. The van der Waals surface area contributed by atoms with Gasteiger partial charge in [-0.3, -0.25) is 4.79 Å². The molecule has 0 unspecified atom stereocenters. The first-order valence-corrected chi connectivity index (χ1v) is 4.76. The second kappa shape index (κ2) is 4.22. The molecule has 1 heteroatoms. The minimum atomic E-state index is 0.141. The molecule has 0 fully saturated rings. The third-order valence-corrected chi connectivity index (χ3v) is 2.40. The van der Waals surface area contributed by atoms with Gasteiger partial charge in [-0.1, -0.05) is 43.7 Å². The highest BCUT2D eigenvalue weighted by molar-refractivity contribution is 5.97. The van der Waals surface area contributed by atoms with Crippen LogP contribution in [0.1, 0.15) is 36.2 Å². The molecule has 0 spiro atoms. The zero-order chi connectivity index (χ0) is 9.84. The number of Topliss-reactive ketones (excluding diaryl/α,β-unsaturated/α-hetero) is 1. The lowest BCUT2D eigenvalue weighted by molar-refractivity contribution is 0.0927. The van der Waals surface area contributed by atoms with Crippen LogP contribution >= 0.6 is 0 Å². The zero-order valence-corrected chi connectivity index (χ0v) is 8.50. The molecule has 0 N–H and O–H groups in total. The fourth-order valence-electron chi connectivity index (χ4n) is 1.19. The van der Waals surface area contributed by atoms with Gasteiger partial charge in [0.2, 0.25) is 0 Å². The van der Waals surface area contributed by atoms with Gasteiger partial charge in [0.1, 0.15) is 0 Å². The summed E-state index contributed by atoms with van der Waals surface area (Å²) < 4.78 is 0. The Morgan fingerprint density at radius 3 is 2.31 bits per heavy atom. The third-order valence-electron chi connectivity index (χ3n) is 2.40. The molecule has 0 saturated carbocycles. The lowest BCUT2D eigenvalue weighted by Gasteiger charge is -2.06. The van der Waals surface area contributed by atoms with E-state index >= 15 is 0 Å². The van der Waals surface area contributed by atoms with Crippen LogP contribution in [-0.4, -0.2) is 5.78 Å². The van der Waals surface area contributed by atoms with Gasteiger partial charge in [0.05, 0.1) is 0 Å². The summed E-state index contributed by atoms with van der Waals surface area (Å²) in [5, 5.41) is 0. The smallest absolute Gasteiger partial charge is 0.165 e. The van der Waals surface area contributed by atoms with Crippen molar-refractivity contribution in [2.45, 2.75) is 27.2 Å². The quantitative estimate of drug-likeness (QED) is 0.646. The van der Waals surface area contributed by atoms with E-state index < -0.39 is 0 Å². The average molecular weight is 176 g/mol. The van der Waals surface area contributed by atoms with E-state index in [-0.39, 0.29) is 11.7 Å². The van der Waals surface area contributed by atoms with Crippen LogP contribution in [0.5, 0.6) is 0 Å². The van der Waals surface area contributed by atoms with Crippen molar-refractivity contribution in [2.75, 3.05) is 0 Å². The summed E-state index contributed by atoms with van der Waals surface area (Å²) in [5.41, 5.74) is 2.03. The van der Waals surface area contributed by atoms with Gasteiger partial charge in [-0.2, -0.15) is 0 Å². The SMILES string of the molecule is CC[C@H](C)C(=O)c1ccc(C)cc1. The first-order valence-electron chi connectivity index (χ1n) is 4.76. The predicted octanol–water partition coefficient (Wildman–Crippen LogP) is 3.22. The first kappa shape index (κ1) is 9.97. The van der Waals surface area contributed by atoms with Gasteiger partial charge in [-0.25, -0.2) is 0 Å². The molecular weight excluding hydrogens is 160 g/mol. The van der Waals surface area contributed by atoms with E-state index in [1.54, 1.807) is 0 Å². The average Bonchev–Trinajstić information content (AvgIpc) is 2.17. The van der Waals surface area contributed by atoms with Crippen LogP contribution in [0.3, 0.4) is 0 Å². The van der Waals surface area contributed by atoms with Gasteiger partial charge in [0, 0.05) is 11.5 Å². The monoisotopic (exact) mass is 176 g/mol. The minimum Gasteiger partial charge on any atom is -0.294 e. The second-order valence-corrected chi connectivity index (χ2v) is 3.54. The summed E-state index contributed by atoms with van der Waals surface area (Å²) in [7, 11) is 0.